The summed E-state index contributed by atoms with van der Waals surface area (Å²) in [6, 6.07) is 6.82. The monoisotopic (exact) mass is 378 g/mol. The minimum Gasteiger partial charge on any atom is -0.316 e. The lowest BCUT2D eigenvalue weighted by molar-refractivity contribution is -0.118. The van der Waals surface area contributed by atoms with E-state index in [1.54, 1.807) is 18.2 Å². The van der Waals surface area contributed by atoms with Crippen molar-refractivity contribution in [2.24, 2.45) is 10.9 Å². The van der Waals surface area contributed by atoms with Crippen LogP contribution in [0.4, 0.5) is 5.69 Å². The average molecular weight is 378 g/mol. The van der Waals surface area contributed by atoms with Crippen LogP contribution < -0.4 is 4.90 Å². The minimum absolute atomic E-state index is 0.0164. The van der Waals surface area contributed by atoms with Crippen molar-refractivity contribution in [3.8, 4) is 0 Å². The first kappa shape index (κ1) is 16.8. The average Bonchev–Trinajstić information content (AvgIpc) is 3.28. The van der Waals surface area contributed by atoms with Crippen LogP contribution in [0, 0.1) is 5.92 Å². The second kappa shape index (κ2) is 5.95. The van der Waals surface area contributed by atoms with Crippen LogP contribution in [0.15, 0.2) is 29.3 Å². The first-order valence-corrected chi connectivity index (χ1v) is 10.9. The van der Waals surface area contributed by atoms with Gasteiger partial charge in [-0.2, -0.15) is 4.99 Å². The van der Waals surface area contributed by atoms with Gasteiger partial charge in [0, 0.05) is 22.4 Å². The fourth-order valence-corrected chi connectivity index (χ4v) is 7.18. The molecule has 2 saturated heterocycles. The van der Waals surface area contributed by atoms with Crippen molar-refractivity contribution in [2.45, 2.75) is 31.1 Å². The van der Waals surface area contributed by atoms with E-state index in [9.17, 15) is 18.0 Å². The van der Waals surface area contributed by atoms with E-state index in [4.69, 9.17) is 0 Å². The molecule has 3 fully saturated rings. The fraction of sp³-hybridized carbons (Fsp3) is 0.471. The van der Waals surface area contributed by atoms with Gasteiger partial charge in [-0.15, -0.1) is 0 Å². The van der Waals surface area contributed by atoms with Crippen molar-refractivity contribution in [3.63, 3.8) is 0 Å². The highest BCUT2D eigenvalue weighted by atomic mass is 32.2. The molecule has 0 spiro atoms. The smallest absolute Gasteiger partial charge is 0.251 e. The number of nitrogens with zero attached hydrogens (tertiary/aromatic N) is 2. The largest absolute Gasteiger partial charge is 0.316 e. The van der Waals surface area contributed by atoms with Gasteiger partial charge >= 0.3 is 0 Å². The van der Waals surface area contributed by atoms with Crippen LogP contribution in [0.2, 0.25) is 0 Å². The summed E-state index contributed by atoms with van der Waals surface area (Å²) in [5.74, 6) is -0.0226. The van der Waals surface area contributed by atoms with Crippen LogP contribution in [0.3, 0.4) is 0 Å². The summed E-state index contributed by atoms with van der Waals surface area (Å²) in [6.45, 7) is 1.49. The van der Waals surface area contributed by atoms with Gasteiger partial charge in [-0.25, -0.2) is 8.42 Å². The van der Waals surface area contributed by atoms with E-state index in [-0.39, 0.29) is 40.4 Å². The lowest BCUT2D eigenvalue weighted by Crippen LogP contribution is -2.37. The third kappa shape index (κ3) is 3.25. The van der Waals surface area contributed by atoms with Gasteiger partial charge in [0.25, 0.3) is 5.91 Å². The van der Waals surface area contributed by atoms with Crippen molar-refractivity contribution >= 4 is 44.1 Å². The van der Waals surface area contributed by atoms with Crippen molar-refractivity contribution in [2.75, 3.05) is 16.4 Å². The summed E-state index contributed by atoms with van der Waals surface area (Å²) in [5.41, 5.74) is 1.27. The van der Waals surface area contributed by atoms with Gasteiger partial charge < -0.3 is 4.90 Å². The zero-order valence-corrected chi connectivity index (χ0v) is 15.3. The summed E-state index contributed by atoms with van der Waals surface area (Å²) in [7, 11) is -3.10. The van der Waals surface area contributed by atoms with E-state index in [1.807, 2.05) is 11.0 Å². The normalized spacial score (nSPS) is 29.0. The Hall–Kier alpha value is -1.67. The SMILES string of the molecule is CC(=O)c1cccc(N2C(=NC(=O)C3CC3)S[C@@H]3CS(=O)(=O)C[C@@H]32)c1. The predicted molar refractivity (Wildman–Crippen MR) is 97.9 cm³/mol. The van der Waals surface area contributed by atoms with Crippen molar-refractivity contribution in [3.05, 3.63) is 29.8 Å². The molecule has 0 aromatic heterocycles. The van der Waals surface area contributed by atoms with Gasteiger partial charge in [0.2, 0.25) is 0 Å². The Morgan fingerprint density at radius 3 is 2.68 bits per heavy atom. The van der Waals surface area contributed by atoms with Gasteiger partial charge in [-0.1, -0.05) is 23.9 Å². The highest BCUT2D eigenvalue weighted by molar-refractivity contribution is 8.16. The van der Waals surface area contributed by atoms with Gasteiger partial charge in [0.1, 0.15) is 0 Å². The number of aliphatic imine (C=N–C) groups is 1. The summed E-state index contributed by atoms with van der Waals surface area (Å²) in [6.07, 6.45) is 1.75. The Labute approximate surface area is 150 Å². The number of sulfone groups is 1. The fourth-order valence-electron chi connectivity index (χ4n) is 3.26. The Morgan fingerprint density at radius 1 is 1.24 bits per heavy atom. The van der Waals surface area contributed by atoms with Crippen molar-refractivity contribution in [1.82, 2.24) is 0 Å². The molecule has 6 nitrogen and oxygen atoms in total. The molecule has 25 heavy (non-hydrogen) atoms. The molecule has 0 radical (unpaired) electrons. The summed E-state index contributed by atoms with van der Waals surface area (Å²) < 4.78 is 24.1. The van der Waals surface area contributed by atoms with Crippen LogP contribution in [-0.2, 0) is 14.6 Å². The number of thioether (sulfide) groups is 1. The molecule has 2 heterocycles. The Balaban J connectivity index is 1.74. The molecule has 8 heteroatoms. The maximum Gasteiger partial charge on any atom is 0.251 e. The quantitative estimate of drug-likeness (QED) is 0.747. The Morgan fingerprint density at radius 2 is 2.00 bits per heavy atom. The number of Topliss-reactive ketones (excluding diaryl/α,β-unsaturated/α-hetero) is 1. The van der Waals surface area contributed by atoms with Crippen LogP contribution in [0.25, 0.3) is 0 Å². The number of amides is 1. The number of rotatable bonds is 3. The molecule has 2 atom stereocenters. The first-order chi connectivity index (χ1) is 11.8. The number of benzene rings is 1. The molecule has 132 valence electrons. The zero-order chi connectivity index (χ0) is 17.8. The van der Waals surface area contributed by atoms with Gasteiger partial charge in [-0.3, -0.25) is 9.59 Å². The van der Waals surface area contributed by atoms with Crippen LogP contribution in [0.5, 0.6) is 0 Å². The molecule has 1 aromatic carbocycles. The van der Waals surface area contributed by atoms with Gasteiger partial charge in [-0.05, 0) is 31.9 Å². The number of hydrogen-bond donors (Lipinski definition) is 0. The molecular weight excluding hydrogens is 360 g/mol. The second-order valence-corrected chi connectivity index (χ2v) is 10.1. The number of anilines is 1. The van der Waals surface area contributed by atoms with Crippen LogP contribution in [0.1, 0.15) is 30.1 Å². The molecule has 2 aliphatic heterocycles. The minimum atomic E-state index is -3.10. The first-order valence-electron chi connectivity index (χ1n) is 8.24. The van der Waals surface area contributed by atoms with Crippen molar-refractivity contribution in [1.29, 1.82) is 0 Å². The number of hydrogen-bond acceptors (Lipinski definition) is 5. The third-order valence-electron chi connectivity index (χ3n) is 4.73. The molecule has 1 amide bonds. The van der Waals surface area contributed by atoms with E-state index < -0.39 is 9.84 Å². The lowest BCUT2D eigenvalue weighted by atomic mass is 10.1. The summed E-state index contributed by atoms with van der Waals surface area (Å²) in [4.78, 5) is 30.0. The molecule has 1 saturated carbocycles. The van der Waals surface area contributed by atoms with E-state index >= 15 is 0 Å². The summed E-state index contributed by atoms with van der Waals surface area (Å²) in [5, 5.41) is 0.430. The topological polar surface area (TPSA) is 83.9 Å². The third-order valence-corrected chi connectivity index (χ3v) is 7.94. The number of fused-ring (bicyclic) bond motifs is 1. The second-order valence-electron chi connectivity index (χ2n) is 6.78. The molecule has 3 aliphatic rings. The molecule has 1 aliphatic carbocycles. The standard InChI is InChI=1S/C17H18N2O4S2/c1-10(20)12-3-2-4-13(7-12)19-14-8-25(22,23)9-15(14)24-17(19)18-16(21)11-5-6-11/h2-4,7,11,14-15H,5-6,8-9H2,1H3/t14-,15+/m0/s1. The van der Waals surface area contributed by atoms with Crippen LogP contribution >= 0.6 is 11.8 Å². The number of carbonyl (C=O) groups is 2. The van der Waals surface area contributed by atoms with E-state index in [1.165, 1.54) is 18.7 Å². The molecule has 0 N–H and O–H groups in total. The van der Waals surface area contributed by atoms with E-state index in [0.717, 1.165) is 12.8 Å². The van der Waals surface area contributed by atoms with Gasteiger partial charge in [0.05, 0.1) is 17.5 Å². The number of carbonyl (C=O) groups excluding carboxylic acids is 2. The molecule has 0 unspecified atom stereocenters. The highest BCUT2D eigenvalue weighted by Crippen LogP contribution is 2.42. The predicted octanol–water partition coefficient (Wildman–Crippen LogP) is 1.90. The lowest BCUT2D eigenvalue weighted by Gasteiger charge is -2.24. The molecule has 0 bridgehead atoms. The molecular formula is C17H18N2O4S2. The maximum atomic E-state index is 12.2. The van der Waals surface area contributed by atoms with Crippen molar-refractivity contribution < 1.29 is 18.0 Å². The van der Waals surface area contributed by atoms with Gasteiger partial charge in [0.15, 0.2) is 20.8 Å². The maximum absolute atomic E-state index is 12.2. The Kier molecular flexibility index (Phi) is 3.99. The zero-order valence-electron chi connectivity index (χ0n) is 13.7. The van der Waals surface area contributed by atoms with E-state index in [0.29, 0.717) is 16.4 Å². The summed E-state index contributed by atoms with van der Waals surface area (Å²) >= 11 is 1.37. The number of ketones is 1. The van der Waals surface area contributed by atoms with Crippen LogP contribution in [-0.4, -0.2) is 48.1 Å². The highest BCUT2D eigenvalue weighted by Gasteiger charge is 2.49. The Bertz CT molecular complexity index is 890. The molecule has 4 rings (SSSR count). The van der Waals surface area contributed by atoms with E-state index in [2.05, 4.69) is 4.99 Å². The molecule has 1 aromatic rings. The number of amidine groups is 1.